The minimum atomic E-state index is -0.289. The summed E-state index contributed by atoms with van der Waals surface area (Å²) in [6.45, 7) is 14.0. The van der Waals surface area contributed by atoms with E-state index >= 15 is 0 Å². The Morgan fingerprint density at radius 1 is 0.417 bits per heavy atom. The molecule has 234 valence electrons. The Morgan fingerprint density at radius 2 is 0.812 bits per heavy atom. The van der Waals surface area contributed by atoms with E-state index < -0.39 is 0 Å². The van der Waals surface area contributed by atoms with E-state index in [0.717, 1.165) is 0 Å². The molecule has 0 saturated carbocycles. The minimum Gasteiger partial charge on any atom is -0.141 e. The second kappa shape index (κ2) is 10.5. The SMILES string of the molecule is Cc1ccc(-c2cc(C)c3c(c2)C(C)(c2ccccc2)c2cc4c(cc2-3)C(C)(c2ccccc2)c2cc(-c3ccc(C)s3)cc(C)c2-4)s1. The lowest BCUT2D eigenvalue weighted by atomic mass is 9.72. The average Bonchev–Trinajstić information content (AvgIpc) is 3.85. The van der Waals surface area contributed by atoms with Gasteiger partial charge in [0.25, 0.3) is 0 Å². The summed E-state index contributed by atoms with van der Waals surface area (Å²) in [6, 6.07) is 46.4. The van der Waals surface area contributed by atoms with Crippen LogP contribution in [-0.4, -0.2) is 0 Å². The molecule has 0 aliphatic heterocycles. The van der Waals surface area contributed by atoms with Gasteiger partial charge in [-0.1, -0.05) is 60.7 Å². The van der Waals surface area contributed by atoms with Gasteiger partial charge in [-0.2, -0.15) is 0 Å². The van der Waals surface area contributed by atoms with E-state index in [2.05, 4.69) is 163 Å². The second-order valence-electron chi connectivity index (χ2n) is 14.2. The summed E-state index contributed by atoms with van der Waals surface area (Å²) in [5.74, 6) is 0. The lowest BCUT2D eigenvalue weighted by Gasteiger charge is -2.30. The third-order valence-electron chi connectivity index (χ3n) is 11.3. The van der Waals surface area contributed by atoms with Gasteiger partial charge in [-0.05, 0) is 180 Å². The van der Waals surface area contributed by atoms with Gasteiger partial charge in [0.05, 0.1) is 0 Å². The Balaban J connectivity index is 1.36. The van der Waals surface area contributed by atoms with Crippen LogP contribution in [0.15, 0.2) is 121 Å². The maximum Gasteiger partial charge on any atom is 0.0436 e. The molecule has 0 nitrogen and oxygen atoms in total. The maximum absolute atomic E-state index is 2.58. The zero-order valence-corrected chi connectivity index (χ0v) is 30.0. The third kappa shape index (κ3) is 4.06. The first kappa shape index (κ1) is 29.6. The van der Waals surface area contributed by atoms with E-state index in [-0.39, 0.29) is 10.8 Å². The van der Waals surface area contributed by atoms with Gasteiger partial charge in [0.1, 0.15) is 0 Å². The predicted octanol–water partition coefficient (Wildman–Crippen LogP) is 13.0. The fourth-order valence-electron chi connectivity index (χ4n) is 8.84. The molecule has 0 amide bonds. The highest BCUT2D eigenvalue weighted by molar-refractivity contribution is 7.15. The molecule has 0 saturated heterocycles. The van der Waals surface area contributed by atoms with Gasteiger partial charge in [-0.15, -0.1) is 22.7 Å². The fourth-order valence-corrected chi connectivity index (χ4v) is 10.5. The van der Waals surface area contributed by atoms with Gasteiger partial charge in [0, 0.05) is 30.3 Å². The average molecular weight is 655 g/mol. The number of rotatable bonds is 4. The van der Waals surface area contributed by atoms with Crippen molar-refractivity contribution in [3.8, 4) is 43.1 Å². The molecule has 2 unspecified atom stereocenters. The highest BCUT2D eigenvalue weighted by Gasteiger charge is 2.47. The van der Waals surface area contributed by atoms with Crippen molar-refractivity contribution in [1.82, 2.24) is 0 Å². The zero-order valence-electron chi connectivity index (χ0n) is 28.4. The first-order valence-electron chi connectivity index (χ1n) is 16.9. The van der Waals surface area contributed by atoms with Crippen LogP contribution in [0.2, 0.25) is 0 Å². The molecule has 2 aliphatic rings. The van der Waals surface area contributed by atoms with Crippen molar-refractivity contribution in [3.63, 3.8) is 0 Å². The highest BCUT2D eigenvalue weighted by Crippen LogP contribution is 2.61. The molecule has 0 fully saturated rings. The smallest absolute Gasteiger partial charge is 0.0436 e. The van der Waals surface area contributed by atoms with Crippen LogP contribution >= 0.6 is 22.7 Å². The monoisotopic (exact) mass is 654 g/mol. The molecule has 48 heavy (non-hydrogen) atoms. The molecule has 7 aromatic rings. The molecule has 2 atom stereocenters. The number of thiophene rings is 2. The number of hydrogen-bond donors (Lipinski definition) is 0. The second-order valence-corrected chi connectivity index (χ2v) is 16.8. The van der Waals surface area contributed by atoms with Gasteiger partial charge < -0.3 is 0 Å². The fraction of sp³-hybridized carbons (Fsp3) is 0.174. The van der Waals surface area contributed by atoms with Crippen molar-refractivity contribution < 1.29 is 0 Å². The Hall–Kier alpha value is -4.50. The molecule has 0 bridgehead atoms. The van der Waals surface area contributed by atoms with E-state index in [0.29, 0.717) is 0 Å². The third-order valence-corrected chi connectivity index (χ3v) is 13.4. The topological polar surface area (TPSA) is 0 Å². The van der Waals surface area contributed by atoms with Crippen LogP contribution in [0, 0.1) is 27.7 Å². The molecular weight excluding hydrogens is 617 g/mol. The van der Waals surface area contributed by atoms with Crippen LogP contribution in [0.25, 0.3) is 43.1 Å². The highest BCUT2D eigenvalue weighted by atomic mass is 32.1. The summed E-state index contributed by atoms with van der Waals surface area (Å²) in [6.07, 6.45) is 0. The largest absolute Gasteiger partial charge is 0.141 e. The lowest BCUT2D eigenvalue weighted by Crippen LogP contribution is -2.24. The van der Waals surface area contributed by atoms with E-state index in [1.807, 2.05) is 22.7 Å². The van der Waals surface area contributed by atoms with Crippen molar-refractivity contribution in [3.05, 3.63) is 176 Å². The first-order valence-corrected chi connectivity index (χ1v) is 18.6. The van der Waals surface area contributed by atoms with Crippen molar-refractivity contribution in [2.45, 2.75) is 52.4 Å². The van der Waals surface area contributed by atoms with E-state index in [4.69, 9.17) is 0 Å². The van der Waals surface area contributed by atoms with Gasteiger partial charge in [-0.3, -0.25) is 0 Å². The normalized spacial score (nSPS) is 18.8. The van der Waals surface area contributed by atoms with Crippen molar-refractivity contribution in [1.29, 1.82) is 0 Å². The first-order chi connectivity index (χ1) is 23.2. The standard InChI is InChI=1S/C46H38S2/c1-27-21-31(41-19-17-29(3)47-41)23-39-43(27)35-25-38-36(26-37(35)45(39,5)33-13-9-7-10-14-33)44-28(2)22-32(42-20-18-30(4)48-42)24-40(44)46(38,6)34-15-11-8-12-16-34/h7-26H,1-6H3. The molecule has 5 aromatic carbocycles. The molecule has 0 N–H and O–H groups in total. The molecule has 2 aliphatic carbocycles. The van der Waals surface area contributed by atoms with Gasteiger partial charge in [0.15, 0.2) is 0 Å². The van der Waals surface area contributed by atoms with Crippen LogP contribution in [0.5, 0.6) is 0 Å². The number of hydrogen-bond acceptors (Lipinski definition) is 2. The van der Waals surface area contributed by atoms with E-state index in [1.54, 1.807) is 0 Å². The summed E-state index contributed by atoms with van der Waals surface area (Å²) in [5, 5.41) is 0. The Morgan fingerprint density at radius 3 is 1.17 bits per heavy atom. The Labute approximate surface area is 292 Å². The van der Waals surface area contributed by atoms with Crippen LogP contribution in [0.3, 0.4) is 0 Å². The van der Waals surface area contributed by atoms with Crippen LogP contribution in [0.4, 0.5) is 0 Å². The predicted molar refractivity (Wildman–Crippen MR) is 207 cm³/mol. The van der Waals surface area contributed by atoms with Crippen molar-refractivity contribution >= 4 is 22.7 Å². The van der Waals surface area contributed by atoms with Crippen molar-refractivity contribution in [2.24, 2.45) is 0 Å². The summed E-state index contributed by atoms with van der Waals surface area (Å²) < 4.78 is 0. The Kier molecular flexibility index (Phi) is 6.48. The lowest BCUT2D eigenvalue weighted by molar-refractivity contribution is 0.705. The quantitative estimate of drug-likeness (QED) is 0.177. The van der Waals surface area contributed by atoms with Crippen LogP contribution in [0.1, 0.15) is 68.1 Å². The molecule has 2 heteroatoms. The summed E-state index contributed by atoms with van der Waals surface area (Å²) >= 11 is 3.77. The molecule has 2 heterocycles. The van der Waals surface area contributed by atoms with E-state index in [1.165, 1.54) is 97.4 Å². The summed E-state index contributed by atoms with van der Waals surface area (Å²) in [7, 11) is 0. The molecule has 0 radical (unpaired) electrons. The van der Waals surface area contributed by atoms with Gasteiger partial charge in [0.2, 0.25) is 0 Å². The number of aryl methyl sites for hydroxylation is 4. The van der Waals surface area contributed by atoms with Crippen LogP contribution < -0.4 is 0 Å². The number of fused-ring (bicyclic) bond motifs is 6. The van der Waals surface area contributed by atoms with Gasteiger partial charge in [-0.25, -0.2) is 0 Å². The van der Waals surface area contributed by atoms with E-state index in [9.17, 15) is 0 Å². The van der Waals surface area contributed by atoms with Crippen LogP contribution in [-0.2, 0) is 10.8 Å². The minimum absolute atomic E-state index is 0.289. The summed E-state index contributed by atoms with van der Waals surface area (Å²) in [4.78, 5) is 5.37. The van der Waals surface area contributed by atoms with Gasteiger partial charge >= 0.3 is 0 Å². The van der Waals surface area contributed by atoms with Crippen molar-refractivity contribution in [2.75, 3.05) is 0 Å². The zero-order chi connectivity index (χ0) is 32.9. The summed E-state index contributed by atoms with van der Waals surface area (Å²) in [5.41, 5.74) is 18.6. The Bertz CT molecular complexity index is 2230. The molecule has 0 spiro atoms. The molecule has 2 aromatic heterocycles. The molecule has 9 rings (SSSR count). The molecular formula is C46H38S2. The number of benzene rings is 5. The maximum atomic E-state index is 2.58.